The second-order valence-corrected chi connectivity index (χ2v) is 10.6. The molecule has 10 nitrogen and oxygen atoms in total. The first kappa shape index (κ1) is 26.6. The third-order valence-corrected chi connectivity index (χ3v) is 7.97. The first-order chi connectivity index (χ1) is 18.4. The van der Waals surface area contributed by atoms with Crippen molar-refractivity contribution in [2.75, 3.05) is 50.7 Å². The van der Waals surface area contributed by atoms with Crippen LogP contribution < -0.4 is 15.5 Å². The van der Waals surface area contributed by atoms with Crippen molar-refractivity contribution in [1.82, 2.24) is 30.4 Å². The molecule has 0 aliphatic carbocycles. The molecule has 1 atom stereocenters. The van der Waals surface area contributed by atoms with Gasteiger partial charge in [0, 0.05) is 61.9 Å². The third-order valence-electron chi connectivity index (χ3n) is 7.46. The van der Waals surface area contributed by atoms with Crippen LogP contribution in [0, 0.1) is 0 Å². The number of halogens is 2. The van der Waals surface area contributed by atoms with Crippen molar-refractivity contribution in [1.29, 1.82) is 0 Å². The number of aromatic nitrogens is 2. The zero-order valence-corrected chi connectivity index (χ0v) is 22.9. The van der Waals surface area contributed by atoms with Gasteiger partial charge in [-0.25, -0.2) is 9.97 Å². The standard InChI is InChI=1S/C26H32Cl2N8O2/c1-2-19-16-35(23-22(28)32-21(15-31-23)24(37)33-26-29-9-10-30-26)13-14-36(19)20-7-11-34(12-8-20)25(38)17-3-5-18(27)6-4-17/h3-6,15,19-20H,2,7-14,16H2,1H3,(H2,29,30,33,37). The van der Waals surface area contributed by atoms with Gasteiger partial charge >= 0.3 is 0 Å². The highest BCUT2D eigenvalue weighted by Crippen LogP contribution is 2.28. The summed E-state index contributed by atoms with van der Waals surface area (Å²) in [6.45, 7) is 7.43. The molecule has 2 aromatic rings. The van der Waals surface area contributed by atoms with Crippen molar-refractivity contribution >= 4 is 46.8 Å². The summed E-state index contributed by atoms with van der Waals surface area (Å²) < 4.78 is 0. The molecular formula is C26H32Cl2N8O2. The van der Waals surface area contributed by atoms with Gasteiger partial charge in [0.1, 0.15) is 5.69 Å². The third kappa shape index (κ3) is 5.87. The molecule has 0 radical (unpaired) electrons. The van der Waals surface area contributed by atoms with Crippen LogP contribution in [0.25, 0.3) is 0 Å². The number of rotatable bonds is 5. The van der Waals surface area contributed by atoms with Gasteiger partial charge in [0.05, 0.1) is 12.7 Å². The summed E-state index contributed by atoms with van der Waals surface area (Å²) in [4.78, 5) is 45.0. The summed E-state index contributed by atoms with van der Waals surface area (Å²) in [5.41, 5.74) is 0.832. The average Bonchev–Trinajstić information content (AvgIpc) is 3.46. The number of amides is 2. The molecule has 1 aromatic heterocycles. The molecule has 2 fully saturated rings. The Hall–Kier alpha value is -2.95. The number of nitrogens with one attached hydrogen (secondary N) is 2. The minimum absolute atomic E-state index is 0.0646. The average molecular weight is 560 g/mol. The number of anilines is 1. The number of hydrogen-bond donors (Lipinski definition) is 2. The molecule has 1 unspecified atom stereocenters. The normalized spacial score (nSPS) is 20.7. The number of piperidine rings is 1. The van der Waals surface area contributed by atoms with Crippen LogP contribution in [-0.2, 0) is 0 Å². The Labute approximate surface area is 232 Å². The Balaban J connectivity index is 1.17. The van der Waals surface area contributed by atoms with Crippen LogP contribution in [0.15, 0.2) is 35.5 Å². The molecule has 0 spiro atoms. The van der Waals surface area contributed by atoms with Gasteiger partial charge in [-0.3, -0.25) is 24.8 Å². The van der Waals surface area contributed by atoms with E-state index in [-0.39, 0.29) is 16.8 Å². The molecule has 3 aliphatic rings. The van der Waals surface area contributed by atoms with Gasteiger partial charge in [0.25, 0.3) is 11.8 Å². The topological polar surface area (TPSA) is 106 Å². The van der Waals surface area contributed by atoms with Crippen molar-refractivity contribution in [3.05, 3.63) is 51.9 Å². The molecule has 202 valence electrons. The Morgan fingerprint density at radius 2 is 1.87 bits per heavy atom. The van der Waals surface area contributed by atoms with Gasteiger partial charge in [-0.15, -0.1) is 0 Å². The van der Waals surface area contributed by atoms with E-state index in [0.29, 0.717) is 47.5 Å². The highest BCUT2D eigenvalue weighted by Gasteiger charge is 2.35. The Morgan fingerprint density at radius 3 is 2.53 bits per heavy atom. The van der Waals surface area contributed by atoms with E-state index in [9.17, 15) is 9.59 Å². The van der Waals surface area contributed by atoms with E-state index in [2.05, 4.69) is 42.3 Å². The number of carbonyl (C=O) groups is 2. The first-order valence-corrected chi connectivity index (χ1v) is 13.9. The molecule has 38 heavy (non-hydrogen) atoms. The monoisotopic (exact) mass is 558 g/mol. The summed E-state index contributed by atoms with van der Waals surface area (Å²) in [7, 11) is 0. The molecule has 2 saturated heterocycles. The minimum Gasteiger partial charge on any atom is -0.354 e. The van der Waals surface area contributed by atoms with Gasteiger partial charge in [-0.1, -0.05) is 30.1 Å². The molecule has 1 aromatic carbocycles. The van der Waals surface area contributed by atoms with E-state index in [1.807, 2.05) is 4.90 Å². The molecule has 3 aliphatic heterocycles. The maximum Gasteiger partial charge on any atom is 0.278 e. The smallest absolute Gasteiger partial charge is 0.278 e. The summed E-state index contributed by atoms with van der Waals surface area (Å²) in [5, 5.41) is 6.53. The lowest BCUT2D eigenvalue weighted by molar-refractivity contribution is 0.0490. The van der Waals surface area contributed by atoms with Crippen LogP contribution in [0.5, 0.6) is 0 Å². The quantitative estimate of drug-likeness (QED) is 0.581. The molecule has 5 rings (SSSR count). The lowest BCUT2D eigenvalue weighted by atomic mass is 9.97. The fourth-order valence-corrected chi connectivity index (χ4v) is 5.80. The molecular weight excluding hydrogens is 527 g/mol. The maximum atomic E-state index is 12.9. The Morgan fingerprint density at radius 1 is 1.11 bits per heavy atom. The number of hydrogen-bond acceptors (Lipinski definition) is 8. The zero-order chi connectivity index (χ0) is 26.6. The summed E-state index contributed by atoms with van der Waals surface area (Å²) in [6, 6.07) is 7.86. The molecule has 0 saturated carbocycles. The molecule has 0 bridgehead atoms. The Kier molecular flexibility index (Phi) is 8.30. The number of likely N-dealkylation sites (tertiary alicyclic amines) is 1. The summed E-state index contributed by atoms with van der Waals surface area (Å²) in [6.07, 6.45) is 4.34. The molecule has 2 amide bonds. The van der Waals surface area contributed by atoms with E-state index < -0.39 is 5.91 Å². The van der Waals surface area contributed by atoms with E-state index in [4.69, 9.17) is 23.2 Å². The number of nitrogens with zero attached hydrogens (tertiary/aromatic N) is 6. The van der Waals surface area contributed by atoms with E-state index in [1.54, 1.807) is 24.3 Å². The largest absolute Gasteiger partial charge is 0.354 e. The summed E-state index contributed by atoms with van der Waals surface area (Å²) in [5.74, 6) is 0.714. The fourth-order valence-electron chi connectivity index (χ4n) is 5.42. The highest BCUT2D eigenvalue weighted by molar-refractivity contribution is 6.32. The van der Waals surface area contributed by atoms with Crippen LogP contribution in [-0.4, -0.2) is 95.4 Å². The van der Waals surface area contributed by atoms with E-state index in [0.717, 1.165) is 52.0 Å². The maximum absolute atomic E-state index is 12.9. The number of piperazine rings is 1. The number of aliphatic imine (C=N–C) groups is 1. The van der Waals surface area contributed by atoms with Crippen LogP contribution in [0.1, 0.15) is 47.0 Å². The second-order valence-electron chi connectivity index (χ2n) is 9.76. The molecule has 4 heterocycles. The number of carbonyl (C=O) groups excluding carboxylic acids is 2. The van der Waals surface area contributed by atoms with Crippen LogP contribution in [0.2, 0.25) is 10.2 Å². The first-order valence-electron chi connectivity index (χ1n) is 13.1. The van der Waals surface area contributed by atoms with Crippen molar-refractivity contribution in [3.8, 4) is 0 Å². The van der Waals surface area contributed by atoms with Crippen LogP contribution >= 0.6 is 23.2 Å². The highest BCUT2D eigenvalue weighted by atomic mass is 35.5. The molecule has 2 N–H and O–H groups in total. The second kappa shape index (κ2) is 11.8. The van der Waals surface area contributed by atoms with Gasteiger partial charge in [-0.2, -0.15) is 0 Å². The van der Waals surface area contributed by atoms with Crippen LogP contribution in [0.3, 0.4) is 0 Å². The molecule has 12 heteroatoms. The SMILES string of the molecule is CCC1CN(c2ncc(C(=O)NC3=NCCN3)nc2Cl)CCN1C1CCN(C(=O)c2ccc(Cl)cc2)CC1. The van der Waals surface area contributed by atoms with Crippen molar-refractivity contribution in [3.63, 3.8) is 0 Å². The predicted molar refractivity (Wildman–Crippen MR) is 148 cm³/mol. The van der Waals surface area contributed by atoms with Crippen molar-refractivity contribution in [2.45, 2.75) is 38.3 Å². The fraction of sp³-hybridized carbons (Fsp3) is 0.500. The zero-order valence-electron chi connectivity index (χ0n) is 21.4. The van der Waals surface area contributed by atoms with E-state index in [1.165, 1.54) is 6.20 Å². The van der Waals surface area contributed by atoms with E-state index >= 15 is 0 Å². The van der Waals surface area contributed by atoms with Gasteiger partial charge in [-0.05, 0) is 43.5 Å². The predicted octanol–water partition coefficient (Wildman–Crippen LogP) is 2.68. The van der Waals surface area contributed by atoms with Crippen LogP contribution in [0.4, 0.5) is 5.82 Å². The van der Waals surface area contributed by atoms with Gasteiger partial charge < -0.3 is 15.1 Å². The lowest BCUT2D eigenvalue weighted by Crippen LogP contribution is -2.58. The van der Waals surface area contributed by atoms with Gasteiger partial charge in [0.15, 0.2) is 16.9 Å². The minimum atomic E-state index is -0.392. The van der Waals surface area contributed by atoms with Gasteiger partial charge in [0.2, 0.25) is 0 Å². The lowest BCUT2D eigenvalue weighted by Gasteiger charge is -2.47. The van der Waals surface area contributed by atoms with Crippen molar-refractivity contribution < 1.29 is 9.59 Å². The van der Waals surface area contributed by atoms with Crippen molar-refractivity contribution in [2.24, 2.45) is 4.99 Å². The number of guanidine groups is 1. The Bertz CT molecular complexity index is 1200. The summed E-state index contributed by atoms with van der Waals surface area (Å²) >= 11 is 12.5. The number of benzene rings is 1.